The number of nitrogens with zero attached hydrogens (tertiary/aromatic N) is 7. The molecule has 0 fully saturated rings. The second kappa shape index (κ2) is 3.19. The van der Waals surface area contributed by atoms with Crippen molar-refractivity contribution in [3.05, 3.63) is 38.8 Å². The third kappa shape index (κ3) is 1.15. The molecule has 0 spiro atoms. The van der Waals surface area contributed by atoms with Crippen LogP contribution < -0.4 is 9.73 Å². The number of hydrogen-bond donors (Lipinski definition) is 0. The van der Waals surface area contributed by atoms with E-state index in [9.17, 15) is 20.2 Å². The first-order valence-corrected chi connectivity index (χ1v) is 4.59. The van der Waals surface area contributed by atoms with Crippen molar-refractivity contribution in [3.63, 3.8) is 0 Å². The molecule has 0 N–H and O–H groups in total. The second-order valence-electron chi connectivity index (χ2n) is 3.29. The van der Waals surface area contributed by atoms with E-state index in [1.165, 1.54) is 12.4 Å². The predicted molar refractivity (Wildman–Crippen MR) is 52.8 cm³/mol. The lowest BCUT2D eigenvalue weighted by Crippen LogP contribution is -2.29. The standard InChI is InChI=1S/C7H3N7O4/c15-13(16)4-3-11-10-5-6(9-2-1-8-5)12(11)7(4)14(17)18/h1-3H. The Hall–Kier alpha value is -3.11. The van der Waals surface area contributed by atoms with Crippen LogP contribution in [-0.4, -0.2) is 24.3 Å². The van der Waals surface area contributed by atoms with Gasteiger partial charge in [0.1, 0.15) is 0 Å². The fourth-order valence-electron chi connectivity index (χ4n) is 1.64. The molecule has 3 heterocycles. The van der Waals surface area contributed by atoms with Crippen LogP contribution in [0.15, 0.2) is 18.6 Å². The molecule has 11 heteroatoms. The van der Waals surface area contributed by atoms with Crippen LogP contribution in [-0.2, 0) is 0 Å². The molecular formula is C7H3N7O4. The van der Waals surface area contributed by atoms with E-state index >= 15 is 0 Å². The SMILES string of the molecule is O=[N+]([O-])c1c[n+]2[n-]c3nccnc3n2c1[N+](=O)[O-]. The van der Waals surface area contributed by atoms with Crippen LogP contribution in [0.4, 0.5) is 11.5 Å². The van der Waals surface area contributed by atoms with Crippen LogP contribution in [0.1, 0.15) is 0 Å². The summed E-state index contributed by atoms with van der Waals surface area (Å²) in [5, 5.41) is 25.5. The molecule has 0 aliphatic heterocycles. The average molecular weight is 249 g/mol. The lowest BCUT2D eigenvalue weighted by Gasteiger charge is -1.88. The van der Waals surface area contributed by atoms with Gasteiger partial charge in [-0.1, -0.05) is 5.10 Å². The van der Waals surface area contributed by atoms with E-state index in [2.05, 4.69) is 15.1 Å². The highest BCUT2D eigenvalue weighted by molar-refractivity contribution is 5.65. The zero-order valence-electron chi connectivity index (χ0n) is 8.50. The molecule has 0 unspecified atom stereocenters. The molecule has 3 rings (SSSR count). The summed E-state index contributed by atoms with van der Waals surface area (Å²) in [7, 11) is 0. The molecule has 0 radical (unpaired) electrons. The molecule has 0 atom stereocenters. The first-order valence-electron chi connectivity index (χ1n) is 4.59. The first-order chi connectivity index (χ1) is 8.59. The Balaban J connectivity index is 2.53. The molecule has 0 aromatic carbocycles. The molecule has 90 valence electrons. The molecule has 18 heavy (non-hydrogen) atoms. The van der Waals surface area contributed by atoms with Gasteiger partial charge >= 0.3 is 23.3 Å². The minimum Gasteiger partial charge on any atom is -0.358 e. The van der Waals surface area contributed by atoms with Gasteiger partial charge in [-0.05, 0) is 11.1 Å². The maximum Gasteiger partial charge on any atom is 0.471 e. The van der Waals surface area contributed by atoms with Crippen LogP contribution in [0.3, 0.4) is 0 Å². The molecule has 3 aromatic heterocycles. The van der Waals surface area contributed by atoms with Crippen molar-refractivity contribution in [3.8, 4) is 0 Å². The summed E-state index contributed by atoms with van der Waals surface area (Å²) in [6, 6.07) is 0. The summed E-state index contributed by atoms with van der Waals surface area (Å²) >= 11 is 0. The van der Waals surface area contributed by atoms with Gasteiger partial charge < -0.3 is 15.1 Å². The van der Waals surface area contributed by atoms with Crippen LogP contribution in [0, 0.1) is 20.2 Å². The molecule has 0 aliphatic rings. The van der Waals surface area contributed by atoms with Crippen LogP contribution in [0.25, 0.3) is 11.3 Å². The molecule has 0 saturated heterocycles. The van der Waals surface area contributed by atoms with E-state index in [0.29, 0.717) is 0 Å². The van der Waals surface area contributed by atoms with Gasteiger partial charge in [-0.2, -0.15) is 0 Å². The fraction of sp³-hybridized carbons (Fsp3) is 0. The smallest absolute Gasteiger partial charge is 0.358 e. The summed E-state index contributed by atoms with van der Waals surface area (Å²) in [6.45, 7) is 0. The van der Waals surface area contributed by atoms with Crippen LogP contribution in [0.2, 0.25) is 0 Å². The van der Waals surface area contributed by atoms with Crippen LogP contribution in [0.5, 0.6) is 0 Å². The first kappa shape index (κ1) is 10.1. The summed E-state index contributed by atoms with van der Waals surface area (Å²) in [5.74, 6) is -0.706. The summed E-state index contributed by atoms with van der Waals surface area (Å²) in [5.41, 5.74) is -0.409. The van der Waals surface area contributed by atoms with Gasteiger partial charge in [0.15, 0.2) is 5.65 Å². The highest BCUT2D eigenvalue weighted by Crippen LogP contribution is 2.25. The number of rotatable bonds is 2. The summed E-state index contributed by atoms with van der Waals surface area (Å²) in [4.78, 5) is 27.7. The van der Waals surface area contributed by atoms with Crippen molar-refractivity contribution in [2.24, 2.45) is 0 Å². The lowest BCUT2D eigenvalue weighted by atomic mass is 10.5. The molecule has 0 amide bonds. The molecule has 0 aliphatic carbocycles. The molecule has 11 nitrogen and oxygen atoms in total. The largest absolute Gasteiger partial charge is 0.471 e. The van der Waals surface area contributed by atoms with Crippen molar-refractivity contribution in [1.82, 2.24) is 19.6 Å². The van der Waals surface area contributed by atoms with E-state index in [1.54, 1.807) is 0 Å². The van der Waals surface area contributed by atoms with Gasteiger partial charge in [-0.3, -0.25) is 10.1 Å². The van der Waals surface area contributed by atoms with Gasteiger partial charge in [0.2, 0.25) is 0 Å². The van der Waals surface area contributed by atoms with Gasteiger partial charge in [0, 0.05) is 6.20 Å². The topological polar surface area (TPSA) is 135 Å². The molecular weight excluding hydrogens is 246 g/mol. The Labute approximate surface area is 96.6 Å². The lowest BCUT2D eigenvalue weighted by molar-refractivity contribution is -0.678. The third-order valence-electron chi connectivity index (χ3n) is 2.30. The number of hydrogen-bond acceptors (Lipinski definition) is 6. The van der Waals surface area contributed by atoms with E-state index in [1.807, 2.05) is 0 Å². The Morgan fingerprint density at radius 1 is 1.22 bits per heavy atom. The van der Waals surface area contributed by atoms with Crippen molar-refractivity contribution >= 4 is 22.8 Å². The minimum absolute atomic E-state index is 0.0808. The van der Waals surface area contributed by atoms with Crippen molar-refractivity contribution in [1.29, 1.82) is 0 Å². The molecule has 0 bridgehead atoms. The minimum atomic E-state index is -0.853. The highest BCUT2D eigenvalue weighted by Gasteiger charge is 2.39. The Morgan fingerprint density at radius 3 is 2.61 bits per heavy atom. The van der Waals surface area contributed by atoms with E-state index in [4.69, 9.17) is 0 Å². The van der Waals surface area contributed by atoms with E-state index in [-0.39, 0.29) is 11.3 Å². The quantitative estimate of drug-likeness (QED) is 0.331. The van der Waals surface area contributed by atoms with Gasteiger partial charge in [-0.25, -0.2) is 4.98 Å². The Kier molecular flexibility index (Phi) is 1.79. The van der Waals surface area contributed by atoms with Crippen molar-refractivity contribution in [2.45, 2.75) is 0 Å². The Morgan fingerprint density at radius 2 is 1.94 bits per heavy atom. The number of aromatic nitrogens is 5. The molecule has 3 aromatic rings. The number of nitro groups is 2. The predicted octanol–water partition coefficient (Wildman–Crippen LogP) is -0.758. The van der Waals surface area contributed by atoms with Crippen LogP contribution >= 0.6 is 0 Å². The monoisotopic (exact) mass is 249 g/mol. The maximum absolute atomic E-state index is 10.9. The zero-order valence-corrected chi connectivity index (χ0v) is 8.50. The van der Waals surface area contributed by atoms with E-state index < -0.39 is 21.4 Å². The number of fused-ring (bicyclic) bond motifs is 3. The summed E-state index contributed by atoms with van der Waals surface area (Å²) < 4.78 is 1.90. The highest BCUT2D eigenvalue weighted by atomic mass is 16.6. The molecule has 0 saturated carbocycles. The average Bonchev–Trinajstić information content (AvgIpc) is 2.83. The van der Waals surface area contributed by atoms with Crippen molar-refractivity contribution < 1.29 is 14.5 Å². The van der Waals surface area contributed by atoms with Gasteiger partial charge in [0.25, 0.3) is 0 Å². The Bertz CT molecular complexity index is 803. The maximum atomic E-state index is 10.9. The van der Waals surface area contributed by atoms with Gasteiger partial charge in [0.05, 0.1) is 14.1 Å². The van der Waals surface area contributed by atoms with Crippen molar-refractivity contribution in [2.75, 3.05) is 0 Å². The normalized spacial score (nSPS) is 11.1. The third-order valence-corrected chi connectivity index (χ3v) is 2.30. The second-order valence-corrected chi connectivity index (χ2v) is 3.29. The van der Waals surface area contributed by atoms with E-state index in [0.717, 1.165) is 15.3 Å². The summed E-state index contributed by atoms with van der Waals surface area (Å²) in [6.07, 6.45) is 3.64. The van der Waals surface area contributed by atoms with Gasteiger partial charge in [-0.15, -0.1) is 0 Å². The fourth-order valence-corrected chi connectivity index (χ4v) is 1.64. The zero-order chi connectivity index (χ0) is 12.9.